The van der Waals surface area contributed by atoms with Crippen molar-refractivity contribution in [1.29, 1.82) is 0 Å². The zero-order chi connectivity index (χ0) is 13.9. The van der Waals surface area contributed by atoms with E-state index in [9.17, 15) is 4.39 Å². The number of rotatable bonds is 4. The lowest BCUT2D eigenvalue weighted by Crippen LogP contribution is -2.42. The molecule has 0 radical (unpaired) electrons. The minimum Gasteiger partial charge on any atom is -0.311 e. The first-order valence-electron chi connectivity index (χ1n) is 7.46. The molecule has 19 heavy (non-hydrogen) atoms. The molecule has 0 amide bonds. The first kappa shape index (κ1) is 14.5. The van der Waals surface area contributed by atoms with Gasteiger partial charge in [0, 0.05) is 12.1 Å². The van der Waals surface area contributed by atoms with Crippen LogP contribution in [0.25, 0.3) is 0 Å². The van der Waals surface area contributed by atoms with Gasteiger partial charge in [-0.15, -0.1) is 0 Å². The Labute approximate surface area is 116 Å². The van der Waals surface area contributed by atoms with Crippen LogP contribution in [0.1, 0.15) is 52.0 Å². The highest BCUT2D eigenvalue weighted by atomic mass is 19.1. The third-order valence-corrected chi connectivity index (χ3v) is 4.21. The zero-order valence-corrected chi connectivity index (χ0v) is 12.4. The van der Waals surface area contributed by atoms with E-state index in [4.69, 9.17) is 0 Å². The second-order valence-electron chi connectivity index (χ2n) is 6.82. The molecule has 2 heteroatoms. The van der Waals surface area contributed by atoms with Gasteiger partial charge in [-0.05, 0) is 49.7 Å². The molecular weight excluding hydrogens is 237 g/mol. The zero-order valence-electron chi connectivity index (χ0n) is 12.4. The highest BCUT2D eigenvalue weighted by molar-refractivity contribution is 5.18. The Morgan fingerprint density at radius 1 is 1.37 bits per heavy atom. The molecular formula is C17H26FN. The summed E-state index contributed by atoms with van der Waals surface area (Å²) < 4.78 is 13.6. The van der Waals surface area contributed by atoms with Gasteiger partial charge < -0.3 is 5.32 Å². The molecule has 1 N–H and O–H groups in total. The van der Waals surface area contributed by atoms with Crippen LogP contribution in [0.3, 0.4) is 0 Å². The van der Waals surface area contributed by atoms with Crippen LogP contribution < -0.4 is 5.32 Å². The molecule has 0 aromatic heterocycles. The maximum Gasteiger partial charge on any atom is 0.126 e. The predicted octanol–water partition coefficient (Wildman–Crippen LogP) is 4.32. The maximum atomic E-state index is 13.6. The minimum absolute atomic E-state index is 0.0832. The fourth-order valence-electron chi connectivity index (χ4n) is 3.30. The topological polar surface area (TPSA) is 12.0 Å². The summed E-state index contributed by atoms with van der Waals surface area (Å²) in [6.45, 7) is 6.86. The molecule has 1 saturated carbocycles. The normalized spacial score (nSPS) is 24.1. The fourth-order valence-corrected chi connectivity index (χ4v) is 3.30. The van der Waals surface area contributed by atoms with Gasteiger partial charge in [0.1, 0.15) is 5.82 Å². The van der Waals surface area contributed by atoms with Gasteiger partial charge in [-0.25, -0.2) is 4.39 Å². The lowest BCUT2D eigenvalue weighted by molar-refractivity contribution is 0.190. The van der Waals surface area contributed by atoms with Gasteiger partial charge >= 0.3 is 0 Å². The van der Waals surface area contributed by atoms with E-state index in [1.54, 1.807) is 12.1 Å². The smallest absolute Gasteiger partial charge is 0.126 e. The number of hydrogen-bond acceptors (Lipinski definition) is 1. The van der Waals surface area contributed by atoms with Crippen LogP contribution in [0.15, 0.2) is 24.3 Å². The molecule has 0 heterocycles. The van der Waals surface area contributed by atoms with Gasteiger partial charge in [0.25, 0.3) is 0 Å². The number of hydrogen-bond donors (Lipinski definition) is 1. The summed E-state index contributed by atoms with van der Waals surface area (Å²) in [5, 5.41) is 3.68. The van der Waals surface area contributed by atoms with Crippen molar-refractivity contribution < 1.29 is 4.39 Å². The molecule has 1 nitrogen and oxygen atoms in total. The summed E-state index contributed by atoms with van der Waals surface area (Å²) in [4.78, 5) is 0. The van der Waals surface area contributed by atoms with Gasteiger partial charge in [-0.1, -0.05) is 38.5 Å². The fraction of sp³-hybridized carbons (Fsp3) is 0.647. The Bertz CT molecular complexity index is 413. The van der Waals surface area contributed by atoms with Gasteiger partial charge in [-0.3, -0.25) is 0 Å². The lowest BCUT2D eigenvalue weighted by Gasteiger charge is -2.37. The second-order valence-corrected chi connectivity index (χ2v) is 6.82. The van der Waals surface area contributed by atoms with Crippen LogP contribution in [0.5, 0.6) is 0 Å². The van der Waals surface area contributed by atoms with Crippen LogP contribution in [0.2, 0.25) is 0 Å². The van der Waals surface area contributed by atoms with Crippen LogP contribution in [-0.4, -0.2) is 12.1 Å². The van der Waals surface area contributed by atoms with Crippen LogP contribution in [0.4, 0.5) is 4.39 Å². The quantitative estimate of drug-likeness (QED) is 0.853. The summed E-state index contributed by atoms with van der Waals surface area (Å²) in [6, 6.07) is 8.01. The number of nitrogens with one attached hydrogen (secondary N) is 1. The summed E-state index contributed by atoms with van der Waals surface area (Å²) in [5.41, 5.74) is 1.27. The van der Waals surface area contributed by atoms with E-state index in [1.807, 2.05) is 12.1 Å². The average Bonchev–Trinajstić information content (AvgIpc) is 2.30. The SMILES string of the molecule is CC(Cc1ccccc1F)NC1CCCC(C)(C)C1. The second kappa shape index (κ2) is 6.04. The first-order chi connectivity index (χ1) is 8.96. The number of benzene rings is 1. The van der Waals surface area contributed by atoms with Crippen molar-refractivity contribution in [3.63, 3.8) is 0 Å². The van der Waals surface area contributed by atoms with Crippen LogP contribution >= 0.6 is 0 Å². The first-order valence-corrected chi connectivity index (χ1v) is 7.46. The number of halogens is 1. The Hall–Kier alpha value is -0.890. The van der Waals surface area contributed by atoms with Gasteiger partial charge in [0.2, 0.25) is 0 Å². The third-order valence-electron chi connectivity index (χ3n) is 4.21. The van der Waals surface area contributed by atoms with E-state index >= 15 is 0 Å². The summed E-state index contributed by atoms with van der Waals surface area (Å²) in [5.74, 6) is -0.0832. The van der Waals surface area contributed by atoms with Crippen LogP contribution in [-0.2, 0) is 6.42 Å². The molecule has 1 aliphatic rings. The van der Waals surface area contributed by atoms with Gasteiger partial charge in [0.15, 0.2) is 0 Å². The van der Waals surface area contributed by atoms with E-state index in [0.29, 0.717) is 17.5 Å². The Morgan fingerprint density at radius 2 is 2.11 bits per heavy atom. The standard InChI is InChI=1S/C17H26FN/c1-13(11-14-7-4-5-9-16(14)18)19-15-8-6-10-17(2,3)12-15/h4-5,7,9,13,15,19H,6,8,10-12H2,1-3H3. The van der Waals surface area contributed by atoms with Crippen molar-refractivity contribution in [1.82, 2.24) is 5.32 Å². The van der Waals surface area contributed by atoms with Crippen molar-refractivity contribution in [2.75, 3.05) is 0 Å². The van der Waals surface area contributed by atoms with Crippen molar-refractivity contribution in [3.8, 4) is 0 Å². The molecule has 1 aromatic carbocycles. The monoisotopic (exact) mass is 263 g/mol. The molecule has 1 aromatic rings. The summed E-state index contributed by atoms with van der Waals surface area (Å²) >= 11 is 0. The van der Waals surface area contributed by atoms with E-state index in [2.05, 4.69) is 26.1 Å². The predicted molar refractivity (Wildman–Crippen MR) is 78.7 cm³/mol. The van der Waals surface area contributed by atoms with E-state index in [0.717, 1.165) is 12.0 Å². The van der Waals surface area contributed by atoms with Crippen molar-refractivity contribution in [3.05, 3.63) is 35.6 Å². The molecule has 1 fully saturated rings. The lowest BCUT2D eigenvalue weighted by atomic mass is 9.75. The van der Waals surface area contributed by atoms with E-state index in [-0.39, 0.29) is 5.82 Å². The molecule has 2 rings (SSSR count). The highest BCUT2D eigenvalue weighted by Gasteiger charge is 2.28. The molecule has 1 aliphatic carbocycles. The molecule has 106 valence electrons. The average molecular weight is 263 g/mol. The summed E-state index contributed by atoms with van der Waals surface area (Å²) in [7, 11) is 0. The molecule has 0 aliphatic heterocycles. The molecule has 0 saturated heterocycles. The minimum atomic E-state index is -0.0832. The van der Waals surface area contributed by atoms with Gasteiger partial charge in [0.05, 0.1) is 0 Å². The molecule has 2 unspecified atom stereocenters. The Balaban J connectivity index is 1.88. The van der Waals surface area contributed by atoms with Crippen LogP contribution in [0, 0.1) is 11.2 Å². The summed E-state index contributed by atoms with van der Waals surface area (Å²) in [6.07, 6.45) is 5.88. The highest BCUT2D eigenvalue weighted by Crippen LogP contribution is 2.35. The molecule has 0 spiro atoms. The maximum absolute atomic E-state index is 13.6. The largest absolute Gasteiger partial charge is 0.311 e. The Morgan fingerprint density at radius 3 is 2.79 bits per heavy atom. The molecule has 0 bridgehead atoms. The van der Waals surface area contributed by atoms with Gasteiger partial charge in [-0.2, -0.15) is 0 Å². The van der Waals surface area contributed by atoms with E-state index in [1.165, 1.54) is 25.7 Å². The Kier molecular flexibility index (Phi) is 4.62. The van der Waals surface area contributed by atoms with Crippen molar-refractivity contribution >= 4 is 0 Å². The molecule has 2 atom stereocenters. The van der Waals surface area contributed by atoms with Crippen molar-refractivity contribution in [2.45, 2.75) is 65.0 Å². The van der Waals surface area contributed by atoms with E-state index < -0.39 is 0 Å². The van der Waals surface area contributed by atoms with Crippen molar-refractivity contribution in [2.24, 2.45) is 5.41 Å². The third kappa shape index (κ3) is 4.31.